The molecule has 3 nitrogen and oxygen atoms in total. The van der Waals surface area contributed by atoms with E-state index in [4.69, 9.17) is 4.74 Å². The van der Waals surface area contributed by atoms with E-state index in [2.05, 4.69) is 28.8 Å². The van der Waals surface area contributed by atoms with Crippen LogP contribution in [0.4, 0.5) is 0 Å². The standard InChI is InChI=1S/C18H19NO2/c1-21-13-6-7-16-15(10-13)18(20)11-17-14-5-3-2-4-12(14)8-9-19(16)17/h2-5,11,13H,6-10H2,1H3. The van der Waals surface area contributed by atoms with Crippen molar-refractivity contribution < 1.29 is 4.74 Å². The molecule has 2 aliphatic rings. The van der Waals surface area contributed by atoms with Crippen LogP contribution in [-0.2, 0) is 30.5 Å². The van der Waals surface area contributed by atoms with Gasteiger partial charge in [0.1, 0.15) is 0 Å². The summed E-state index contributed by atoms with van der Waals surface area (Å²) in [6.07, 6.45) is 3.95. The Morgan fingerprint density at radius 3 is 2.95 bits per heavy atom. The molecule has 1 atom stereocenters. The maximum Gasteiger partial charge on any atom is 0.185 e. The van der Waals surface area contributed by atoms with Crippen LogP contribution in [0.2, 0.25) is 0 Å². The number of hydrogen-bond acceptors (Lipinski definition) is 2. The molecule has 108 valence electrons. The van der Waals surface area contributed by atoms with Gasteiger partial charge in [0.05, 0.1) is 11.8 Å². The summed E-state index contributed by atoms with van der Waals surface area (Å²) in [6, 6.07) is 10.3. The van der Waals surface area contributed by atoms with Crippen molar-refractivity contribution >= 4 is 0 Å². The molecule has 0 fully saturated rings. The monoisotopic (exact) mass is 281 g/mol. The minimum atomic E-state index is 0.176. The van der Waals surface area contributed by atoms with E-state index in [0.717, 1.165) is 43.5 Å². The van der Waals surface area contributed by atoms with Gasteiger partial charge in [0.25, 0.3) is 0 Å². The summed E-state index contributed by atoms with van der Waals surface area (Å²) in [4.78, 5) is 12.5. The number of ether oxygens (including phenoxy) is 1. The number of benzene rings is 1. The third-order valence-electron chi connectivity index (χ3n) is 4.90. The Hall–Kier alpha value is -1.87. The molecular formula is C18H19NO2. The fourth-order valence-electron chi connectivity index (χ4n) is 3.77. The zero-order chi connectivity index (χ0) is 14.4. The largest absolute Gasteiger partial charge is 0.381 e. The molecule has 0 N–H and O–H groups in total. The third-order valence-corrected chi connectivity index (χ3v) is 4.90. The van der Waals surface area contributed by atoms with Crippen molar-refractivity contribution in [3.05, 3.63) is 57.4 Å². The molecule has 0 bridgehead atoms. The number of hydrogen-bond donors (Lipinski definition) is 0. The molecule has 0 radical (unpaired) electrons. The normalized spacial score (nSPS) is 19.6. The number of methoxy groups -OCH3 is 1. The Bertz CT molecular complexity index is 760. The smallest absolute Gasteiger partial charge is 0.185 e. The zero-order valence-corrected chi connectivity index (χ0v) is 12.3. The van der Waals surface area contributed by atoms with E-state index in [9.17, 15) is 4.79 Å². The minimum Gasteiger partial charge on any atom is -0.381 e. The Kier molecular flexibility index (Phi) is 2.96. The van der Waals surface area contributed by atoms with Gasteiger partial charge in [-0.2, -0.15) is 0 Å². The molecule has 1 aliphatic carbocycles. The first-order valence-corrected chi connectivity index (χ1v) is 7.64. The predicted molar refractivity (Wildman–Crippen MR) is 82.7 cm³/mol. The highest BCUT2D eigenvalue weighted by atomic mass is 16.5. The number of fused-ring (bicyclic) bond motifs is 5. The predicted octanol–water partition coefficient (Wildman–Crippen LogP) is 2.58. The molecule has 4 rings (SSSR count). The van der Waals surface area contributed by atoms with Gasteiger partial charge in [-0.05, 0) is 24.8 Å². The lowest BCUT2D eigenvalue weighted by atomic mass is 9.89. The fourth-order valence-corrected chi connectivity index (χ4v) is 3.77. The van der Waals surface area contributed by atoms with Crippen LogP contribution >= 0.6 is 0 Å². The highest BCUT2D eigenvalue weighted by molar-refractivity contribution is 5.66. The number of aryl methyl sites for hydroxylation is 1. The lowest BCUT2D eigenvalue weighted by molar-refractivity contribution is 0.0896. The number of nitrogens with zero attached hydrogens (tertiary/aromatic N) is 1. The van der Waals surface area contributed by atoms with Crippen molar-refractivity contribution in [1.29, 1.82) is 0 Å². The summed E-state index contributed by atoms with van der Waals surface area (Å²) >= 11 is 0. The van der Waals surface area contributed by atoms with Crippen LogP contribution in [-0.4, -0.2) is 17.8 Å². The first-order chi connectivity index (χ1) is 10.3. The highest BCUT2D eigenvalue weighted by Crippen LogP contribution is 2.32. The Morgan fingerprint density at radius 2 is 2.10 bits per heavy atom. The van der Waals surface area contributed by atoms with E-state index in [1.165, 1.54) is 16.8 Å². The van der Waals surface area contributed by atoms with E-state index in [1.807, 2.05) is 6.07 Å². The minimum absolute atomic E-state index is 0.176. The molecule has 0 spiro atoms. The van der Waals surface area contributed by atoms with E-state index in [1.54, 1.807) is 7.11 Å². The third kappa shape index (κ3) is 1.95. The molecule has 21 heavy (non-hydrogen) atoms. The zero-order valence-electron chi connectivity index (χ0n) is 12.3. The fraction of sp³-hybridized carbons (Fsp3) is 0.389. The van der Waals surface area contributed by atoms with E-state index in [0.29, 0.717) is 0 Å². The molecule has 0 amide bonds. The van der Waals surface area contributed by atoms with E-state index >= 15 is 0 Å². The van der Waals surface area contributed by atoms with Crippen molar-refractivity contribution in [2.75, 3.05) is 7.11 Å². The average molecular weight is 281 g/mol. The molecule has 3 heteroatoms. The quantitative estimate of drug-likeness (QED) is 0.804. The summed E-state index contributed by atoms with van der Waals surface area (Å²) in [5.74, 6) is 0. The van der Waals surface area contributed by atoms with Gasteiger partial charge in [-0.3, -0.25) is 4.79 Å². The molecular weight excluding hydrogens is 262 g/mol. The average Bonchev–Trinajstić information content (AvgIpc) is 2.54. The lowest BCUT2D eigenvalue weighted by Crippen LogP contribution is -2.32. The summed E-state index contributed by atoms with van der Waals surface area (Å²) in [6.45, 7) is 0.979. The second kappa shape index (κ2) is 4.85. The van der Waals surface area contributed by atoms with Gasteiger partial charge < -0.3 is 9.30 Å². The van der Waals surface area contributed by atoms with Crippen molar-refractivity contribution in [3.63, 3.8) is 0 Å². The molecule has 2 aromatic rings. The van der Waals surface area contributed by atoms with Gasteiger partial charge in [-0.25, -0.2) is 0 Å². The highest BCUT2D eigenvalue weighted by Gasteiger charge is 2.26. The number of aromatic nitrogens is 1. The molecule has 1 aromatic carbocycles. The molecule has 0 saturated carbocycles. The first-order valence-electron chi connectivity index (χ1n) is 7.64. The van der Waals surface area contributed by atoms with Crippen LogP contribution in [0.25, 0.3) is 11.3 Å². The SMILES string of the molecule is COC1CCc2c(c(=O)cc3n2CCc2ccccc2-3)C1. The first kappa shape index (κ1) is 12.8. The Balaban J connectivity index is 1.92. The van der Waals surface area contributed by atoms with Gasteiger partial charge in [0.15, 0.2) is 5.43 Å². The summed E-state index contributed by atoms with van der Waals surface area (Å²) in [5.41, 5.74) is 6.04. The van der Waals surface area contributed by atoms with Gasteiger partial charge in [0.2, 0.25) is 0 Å². The van der Waals surface area contributed by atoms with Gasteiger partial charge >= 0.3 is 0 Å². The molecule has 1 unspecified atom stereocenters. The topological polar surface area (TPSA) is 31.2 Å². The van der Waals surface area contributed by atoms with Crippen molar-refractivity contribution in [3.8, 4) is 11.3 Å². The van der Waals surface area contributed by atoms with Crippen LogP contribution in [0.3, 0.4) is 0 Å². The maximum atomic E-state index is 12.5. The van der Waals surface area contributed by atoms with E-state index < -0.39 is 0 Å². The molecule has 0 saturated heterocycles. The second-order valence-corrected chi connectivity index (χ2v) is 5.98. The van der Waals surface area contributed by atoms with Crippen molar-refractivity contribution in [2.24, 2.45) is 0 Å². The summed E-state index contributed by atoms with van der Waals surface area (Å²) in [5, 5.41) is 0. The van der Waals surface area contributed by atoms with Crippen molar-refractivity contribution in [2.45, 2.75) is 38.3 Å². The van der Waals surface area contributed by atoms with Crippen LogP contribution < -0.4 is 5.43 Å². The Morgan fingerprint density at radius 1 is 1.24 bits per heavy atom. The van der Waals surface area contributed by atoms with Crippen LogP contribution in [0, 0.1) is 0 Å². The van der Waals surface area contributed by atoms with Crippen LogP contribution in [0.5, 0.6) is 0 Å². The van der Waals surface area contributed by atoms with Crippen molar-refractivity contribution in [1.82, 2.24) is 4.57 Å². The number of pyridine rings is 1. The Labute approximate surface area is 124 Å². The van der Waals surface area contributed by atoms with Gasteiger partial charge in [-0.15, -0.1) is 0 Å². The summed E-state index contributed by atoms with van der Waals surface area (Å²) in [7, 11) is 1.74. The number of rotatable bonds is 1. The maximum absolute atomic E-state index is 12.5. The molecule has 1 aliphatic heterocycles. The second-order valence-electron chi connectivity index (χ2n) is 5.98. The van der Waals surface area contributed by atoms with Gasteiger partial charge in [0, 0.05) is 43.0 Å². The van der Waals surface area contributed by atoms with Gasteiger partial charge in [-0.1, -0.05) is 24.3 Å². The lowest BCUT2D eigenvalue weighted by Gasteiger charge is -2.31. The summed E-state index contributed by atoms with van der Waals surface area (Å²) < 4.78 is 7.82. The van der Waals surface area contributed by atoms with Crippen LogP contribution in [0.1, 0.15) is 23.2 Å². The van der Waals surface area contributed by atoms with E-state index in [-0.39, 0.29) is 11.5 Å². The van der Waals surface area contributed by atoms with Crippen LogP contribution in [0.15, 0.2) is 35.1 Å². The molecule has 1 aromatic heterocycles. The molecule has 2 heterocycles.